The van der Waals surface area contributed by atoms with Gasteiger partial charge in [0.15, 0.2) is 16.6 Å². The summed E-state index contributed by atoms with van der Waals surface area (Å²) in [6.45, 7) is 18.7. The summed E-state index contributed by atoms with van der Waals surface area (Å²) in [5.41, 5.74) is -1.05. The van der Waals surface area contributed by atoms with Crippen molar-refractivity contribution in [3.05, 3.63) is 22.7 Å². The molecule has 1 aromatic rings. The molecule has 11 nitrogen and oxygen atoms in total. The largest absolute Gasteiger partial charge is 0.480 e. The van der Waals surface area contributed by atoms with E-state index in [1.54, 1.807) is 0 Å². The van der Waals surface area contributed by atoms with Crippen LogP contribution in [0.4, 0.5) is 14.6 Å². The topological polar surface area (TPSA) is 132 Å². The Balaban J connectivity index is 2.51. The number of nitrogens with zero attached hydrogens (tertiary/aromatic N) is 3. The van der Waals surface area contributed by atoms with Gasteiger partial charge in [-0.2, -0.15) is 8.78 Å². The lowest BCUT2D eigenvalue weighted by molar-refractivity contribution is -0.138. The fraction of sp³-hybridized carbons (Fsp3) is 0.769. The van der Waals surface area contributed by atoms with Crippen molar-refractivity contribution in [2.24, 2.45) is 0 Å². The van der Waals surface area contributed by atoms with Crippen molar-refractivity contribution in [1.82, 2.24) is 14.5 Å². The Bertz CT molecular complexity index is 1170. The number of aliphatic carboxylic acids is 1. The number of hydrogen-bond donors (Lipinski definition) is 2. The zero-order chi connectivity index (χ0) is 31.8. The monoisotopic (exact) mass is 620 g/mol. The summed E-state index contributed by atoms with van der Waals surface area (Å²) >= 11 is 0. The average Bonchev–Trinajstić information content (AvgIpc) is 2.99. The molecule has 41 heavy (non-hydrogen) atoms. The van der Waals surface area contributed by atoms with E-state index in [0.717, 1.165) is 6.20 Å². The molecule has 2 heterocycles. The van der Waals surface area contributed by atoms with Crippen LogP contribution in [0.15, 0.2) is 17.1 Å². The van der Waals surface area contributed by atoms with Crippen LogP contribution in [0, 0.1) is 0 Å². The van der Waals surface area contributed by atoms with Gasteiger partial charge in [0.25, 0.3) is 0 Å². The van der Waals surface area contributed by atoms with E-state index >= 15 is 8.78 Å². The minimum Gasteiger partial charge on any atom is -0.480 e. The number of aromatic nitrogens is 2. The molecule has 0 aromatic carbocycles. The summed E-state index contributed by atoms with van der Waals surface area (Å²) in [4.78, 5) is 41.3. The number of hydrogen-bond acceptors (Lipinski definition) is 8. The summed E-state index contributed by atoms with van der Waals surface area (Å²) in [5, 5.41) is 10.8. The third-order valence-corrected chi connectivity index (χ3v) is 17.2. The zero-order valence-electron chi connectivity index (χ0n) is 26.0. The smallest absolute Gasteiger partial charge is 0.351 e. The van der Waals surface area contributed by atoms with Crippen molar-refractivity contribution in [2.75, 3.05) is 32.1 Å². The van der Waals surface area contributed by atoms with Gasteiger partial charge in [0, 0.05) is 6.20 Å². The lowest BCUT2D eigenvalue weighted by Gasteiger charge is -2.41. The number of nitrogens with one attached hydrogen (secondary N) is 1. The highest BCUT2D eigenvalue weighted by atomic mass is 28.4. The van der Waals surface area contributed by atoms with Crippen LogP contribution in [-0.4, -0.2) is 92.9 Å². The zero-order valence-corrected chi connectivity index (χ0v) is 28.0. The fourth-order valence-corrected chi connectivity index (χ4v) is 6.00. The van der Waals surface area contributed by atoms with Crippen molar-refractivity contribution in [2.45, 2.75) is 102 Å². The van der Waals surface area contributed by atoms with Crippen molar-refractivity contribution in [3.8, 4) is 0 Å². The number of halogens is 2. The van der Waals surface area contributed by atoms with Crippen molar-refractivity contribution >= 4 is 34.3 Å². The number of amides is 1. The molecule has 0 bridgehead atoms. The van der Waals surface area contributed by atoms with Crippen LogP contribution >= 0.6 is 0 Å². The molecular weight excluding hydrogens is 574 g/mol. The summed E-state index contributed by atoms with van der Waals surface area (Å²) in [7, 11) is -3.71. The lowest BCUT2D eigenvalue weighted by Crippen LogP contribution is -2.53. The first-order valence-electron chi connectivity index (χ1n) is 13.5. The van der Waals surface area contributed by atoms with Gasteiger partial charge in [0.2, 0.25) is 12.1 Å². The number of likely N-dealkylation sites (N-methyl/N-ethyl adjacent to an activating group) is 1. The lowest BCUT2D eigenvalue weighted by atomic mass is 10.1. The number of rotatable bonds is 11. The van der Waals surface area contributed by atoms with Crippen molar-refractivity contribution in [3.63, 3.8) is 0 Å². The molecule has 1 saturated heterocycles. The van der Waals surface area contributed by atoms with E-state index in [1.165, 1.54) is 18.0 Å². The first-order valence-corrected chi connectivity index (χ1v) is 19.3. The molecule has 2 rings (SSSR count). The summed E-state index contributed by atoms with van der Waals surface area (Å²) in [5.74, 6) is -5.82. The van der Waals surface area contributed by atoms with Crippen LogP contribution in [0.3, 0.4) is 0 Å². The number of carboxylic acid groups (broad SMARTS) is 1. The van der Waals surface area contributed by atoms with Gasteiger partial charge in [-0.1, -0.05) is 41.5 Å². The Morgan fingerprint density at radius 2 is 1.68 bits per heavy atom. The quantitative estimate of drug-likeness (QED) is 0.350. The second kappa shape index (κ2) is 12.3. The van der Waals surface area contributed by atoms with Gasteiger partial charge < -0.3 is 24.0 Å². The Hall–Kier alpha value is -2.05. The standard InChI is InChI=1S/C26H46F2N4O7Si2/c1-24(2,3)40(8,9)37-16-17-21(39-41(10,11)25(4,5)6)26(27,28)22(38-17)32-18(12-13-29-23(32)36)30-19(33)14-31(7)15-20(34)35/h12-13,17,21-22H,14-16H2,1-11H3,(H,30,33)(H,34,35)/t17-,21-,22-/m1/s1. The highest BCUT2D eigenvalue weighted by Gasteiger charge is 2.63. The van der Waals surface area contributed by atoms with Crippen LogP contribution in [0.2, 0.25) is 36.3 Å². The maximum atomic E-state index is 16.4. The van der Waals surface area contributed by atoms with E-state index in [0.29, 0.717) is 4.57 Å². The van der Waals surface area contributed by atoms with E-state index in [9.17, 15) is 14.4 Å². The van der Waals surface area contributed by atoms with Gasteiger partial charge >= 0.3 is 17.6 Å². The summed E-state index contributed by atoms with van der Waals surface area (Å²) in [6, 6.07) is 1.21. The van der Waals surface area contributed by atoms with Crippen LogP contribution in [-0.2, 0) is 23.2 Å². The van der Waals surface area contributed by atoms with Crippen LogP contribution in [0.5, 0.6) is 0 Å². The molecule has 15 heteroatoms. The van der Waals surface area contributed by atoms with E-state index in [4.69, 9.17) is 18.7 Å². The number of ether oxygens (including phenoxy) is 1. The molecule has 1 amide bonds. The number of carboxylic acids is 1. The highest BCUT2D eigenvalue weighted by Crippen LogP contribution is 2.49. The molecule has 3 atom stereocenters. The van der Waals surface area contributed by atoms with Crippen LogP contribution < -0.4 is 11.0 Å². The molecule has 0 saturated carbocycles. The van der Waals surface area contributed by atoms with Crippen LogP contribution in [0.25, 0.3) is 0 Å². The average molecular weight is 621 g/mol. The van der Waals surface area contributed by atoms with Crippen molar-refractivity contribution in [1.29, 1.82) is 0 Å². The summed E-state index contributed by atoms with van der Waals surface area (Å²) < 4.78 is 51.8. The third kappa shape index (κ3) is 8.28. The van der Waals surface area contributed by atoms with Gasteiger partial charge in [-0.3, -0.25) is 14.5 Å². The fourth-order valence-electron chi connectivity index (χ4n) is 3.69. The second-order valence-corrected chi connectivity index (χ2v) is 23.2. The molecule has 1 aliphatic rings. The molecule has 234 valence electrons. The van der Waals surface area contributed by atoms with Gasteiger partial charge in [-0.05, 0) is 49.4 Å². The Morgan fingerprint density at radius 1 is 1.12 bits per heavy atom. The third-order valence-electron chi connectivity index (χ3n) is 8.20. The van der Waals surface area contributed by atoms with Gasteiger partial charge in [-0.25, -0.2) is 14.3 Å². The van der Waals surface area contributed by atoms with Gasteiger partial charge in [0.05, 0.1) is 19.7 Å². The van der Waals surface area contributed by atoms with Gasteiger partial charge in [-0.15, -0.1) is 0 Å². The SMILES string of the molecule is CN(CC(=O)O)CC(=O)Nc1ccnc(=O)n1[C@@H]1O[C@H](CO[Si](C)(C)C(C)(C)C)[C@@H](O[Si](C)(C)C(C)(C)C)C1(F)F. The predicted molar refractivity (Wildman–Crippen MR) is 156 cm³/mol. The minimum atomic E-state index is -3.70. The Morgan fingerprint density at radius 3 is 2.20 bits per heavy atom. The Kier molecular flexibility index (Phi) is 10.5. The summed E-state index contributed by atoms with van der Waals surface area (Å²) in [6.07, 6.45) is -3.99. The normalized spacial score (nSPS) is 21.8. The molecule has 2 N–H and O–H groups in total. The molecule has 0 spiro atoms. The van der Waals surface area contributed by atoms with E-state index in [2.05, 4.69) is 10.3 Å². The first kappa shape index (κ1) is 35.2. The molecule has 1 aromatic heterocycles. The maximum Gasteiger partial charge on any atom is 0.351 e. The molecule has 1 aliphatic heterocycles. The second-order valence-electron chi connectivity index (χ2n) is 13.7. The Labute approximate surface area is 242 Å². The van der Waals surface area contributed by atoms with Crippen LogP contribution in [0.1, 0.15) is 47.8 Å². The minimum absolute atomic E-state index is 0.168. The molecule has 0 unspecified atom stereocenters. The molecule has 0 radical (unpaired) electrons. The van der Waals surface area contributed by atoms with Crippen molar-refractivity contribution < 1.29 is 37.1 Å². The van der Waals surface area contributed by atoms with E-state index < -0.39 is 70.1 Å². The molecule has 1 fully saturated rings. The number of carbonyl (C=O) groups excluding carboxylic acids is 1. The number of alkyl halides is 2. The number of carbonyl (C=O) groups is 2. The first-order chi connectivity index (χ1) is 18.4. The highest BCUT2D eigenvalue weighted by molar-refractivity contribution is 6.74. The maximum absolute atomic E-state index is 16.4. The van der Waals surface area contributed by atoms with Gasteiger partial charge in [0.1, 0.15) is 18.0 Å². The van der Waals surface area contributed by atoms with E-state index in [1.807, 2.05) is 67.7 Å². The molecule has 0 aliphatic carbocycles. The van der Waals surface area contributed by atoms with E-state index in [-0.39, 0.29) is 24.0 Å². The molecular formula is C26H46F2N4O7Si2. The number of anilines is 1. The predicted octanol–water partition coefficient (Wildman–Crippen LogP) is 4.14.